The third-order valence-electron chi connectivity index (χ3n) is 3.14. The molecular formula is C16H25N3O2. The number of amides is 2. The summed E-state index contributed by atoms with van der Waals surface area (Å²) in [5, 5.41) is 5.67. The molecule has 0 fully saturated rings. The van der Waals surface area contributed by atoms with Crippen molar-refractivity contribution in [3.8, 4) is 0 Å². The van der Waals surface area contributed by atoms with E-state index in [0.717, 1.165) is 31.6 Å². The standard InChI is InChI=1S/C16H25N3O2/c1-4-9-19(10-5-2)15(20)12-18-14-8-6-7-13(11-14)16(21)17-3/h6-8,11,18H,4-5,9-10,12H2,1-3H3,(H,17,21). The monoisotopic (exact) mass is 291 g/mol. The van der Waals surface area contributed by atoms with Crippen LogP contribution in [-0.4, -0.2) is 43.4 Å². The van der Waals surface area contributed by atoms with Gasteiger partial charge in [-0.15, -0.1) is 0 Å². The molecule has 2 amide bonds. The zero-order chi connectivity index (χ0) is 15.7. The second kappa shape index (κ2) is 9.00. The number of hydrogen-bond acceptors (Lipinski definition) is 3. The van der Waals surface area contributed by atoms with Crippen molar-refractivity contribution in [3.63, 3.8) is 0 Å². The van der Waals surface area contributed by atoms with Gasteiger partial charge >= 0.3 is 0 Å². The Bertz CT molecular complexity index is 468. The number of nitrogens with zero attached hydrogens (tertiary/aromatic N) is 1. The highest BCUT2D eigenvalue weighted by molar-refractivity contribution is 5.95. The lowest BCUT2D eigenvalue weighted by Gasteiger charge is -2.22. The molecule has 0 radical (unpaired) electrons. The van der Waals surface area contributed by atoms with Crippen LogP contribution in [0.4, 0.5) is 5.69 Å². The summed E-state index contributed by atoms with van der Waals surface area (Å²) in [6.45, 7) is 5.95. The van der Waals surface area contributed by atoms with Gasteiger partial charge in [0.05, 0.1) is 6.54 Å². The Morgan fingerprint density at radius 2 is 1.81 bits per heavy atom. The highest BCUT2D eigenvalue weighted by Gasteiger charge is 2.11. The Morgan fingerprint density at radius 3 is 2.38 bits per heavy atom. The number of carbonyl (C=O) groups is 2. The zero-order valence-corrected chi connectivity index (χ0v) is 13.1. The summed E-state index contributed by atoms with van der Waals surface area (Å²) < 4.78 is 0. The van der Waals surface area contributed by atoms with E-state index in [1.165, 1.54) is 0 Å². The smallest absolute Gasteiger partial charge is 0.251 e. The molecule has 0 aliphatic carbocycles. The second-order valence-electron chi connectivity index (χ2n) is 4.89. The topological polar surface area (TPSA) is 61.4 Å². The Hall–Kier alpha value is -2.04. The van der Waals surface area contributed by atoms with Gasteiger partial charge in [-0.05, 0) is 31.0 Å². The minimum atomic E-state index is -0.136. The fourth-order valence-electron chi connectivity index (χ4n) is 2.11. The molecule has 2 N–H and O–H groups in total. The lowest BCUT2D eigenvalue weighted by molar-refractivity contribution is -0.129. The molecule has 0 bridgehead atoms. The first-order chi connectivity index (χ1) is 10.1. The van der Waals surface area contributed by atoms with Gasteiger partial charge in [-0.2, -0.15) is 0 Å². The SMILES string of the molecule is CCCN(CCC)C(=O)CNc1cccc(C(=O)NC)c1. The van der Waals surface area contributed by atoms with Crippen LogP contribution in [0.3, 0.4) is 0 Å². The van der Waals surface area contributed by atoms with Crippen LogP contribution in [0.2, 0.25) is 0 Å². The molecule has 0 saturated heterocycles. The summed E-state index contributed by atoms with van der Waals surface area (Å²) in [6.07, 6.45) is 1.91. The molecule has 1 aromatic rings. The van der Waals surface area contributed by atoms with Crippen LogP contribution in [0, 0.1) is 0 Å². The lowest BCUT2D eigenvalue weighted by atomic mass is 10.2. The molecule has 0 heterocycles. The molecular weight excluding hydrogens is 266 g/mol. The number of hydrogen-bond donors (Lipinski definition) is 2. The Kier molecular flexibility index (Phi) is 7.29. The Labute approximate surface area is 126 Å². The largest absolute Gasteiger partial charge is 0.376 e. The first-order valence-electron chi connectivity index (χ1n) is 7.46. The third-order valence-corrected chi connectivity index (χ3v) is 3.14. The van der Waals surface area contributed by atoms with Crippen molar-refractivity contribution in [2.75, 3.05) is 32.0 Å². The maximum Gasteiger partial charge on any atom is 0.251 e. The fourth-order valence-corrected chi connectivity index (χ4v) is 2.11. The molecule has 0 spiro atoms. The fraction of sp³-hybridized carbons (Fsp3) is 0.500. The first-order valence-corrected chi connectivity index (χ1v) is 7.46. The van der Waals surface area contributed by atoms with Crippen LogP contribution in [0.15, 0.2) is 24.3 Å². The van der Waals surface area contributed by atoms with Gasteiger partial charge in [0, 0.05) is 31.4 Å². The van der Waals surface area contributed by atoms with Gasteiger partial charge in [-0.25, -0.2) is 0 Å². The van der Waals surface area contributed by atoms with Crippen LogP contribution >= 0.6 is 0 Å². The average molecular weight is 291 g/mol. The first kappa shape index (κ1) is 17.0. The van der Waals surface area contributed by atoms with E-state index in [9.17, 15) is 9.59 Å². The molecule has 0 aromatic heterocycles. The van der Waals surface area contributed by atoms with Crippen LogP contribution in [0.1, 0.15) is 37.0 Å². The summed E-state index contributed by atoms with van der Waals surface area (Å²) >= 11 is 0. The summed E-state index contributed by atoms with van der Waals surface area (Å²) in [5.74, 6) is -0.0485. The molecule has 5 heteroatoms. The van der Waals surface area contributed by atoms with Gasteiger partial charge in [0.25, 0.3) is 5.91 Å². The van der Waals surface area contributed by atoms with E-state index in [-0.39, 0.29) is 18.4 Å². The van der Waals surface area contributed by atoms with Crippen molar-refractivity contribution in [2.24, 2.45) is 0 Å². The van der Waals surface area contributed by atoms with Gasteiger partial charge in [-0.1, -0.05) is 19.9 Å². The molecule has 1 rings (SSSR count). The van der Waals surface area contributed by atoms with Crippen molar-refractivity contribution in [3.05, 3.63) is 29.8 Å². The summed E-state index contributed by atoms with van der Waals surface area (Å²) in [5.41, 5.74) is 1.35. The molecule has 0 aliphatic heterocycles. The van der Waals surface area contributed by atoms with E-state index in [1.807, 2.05) is 11.0 Å². The number of benzene rings is 1. The minimum Gasteiger partial charge on any atom is -0.376 e. The summed E-state index contributed by atoms with van der Waals surface area (Å²) in [4.78, 5) is 25.6. The van der Waals surface area contributed by atoms with E-state index >= 15 is 0 Å². The molecule has 5 nitrogen and oxygen atoms in total. The molecule has 116 valence electrons. The van der Waals surface area contributed by atoms with Crippen LogP contribution in [0.25, 0.3) is 0 Å². The zero-order valence-electron chi connectivity index (χ0n) is 13.1. The highest BCUT2D eigenvalue weighted by atomic mass is 16.2. The van der Waals surface area contributed by atoms with Gasteiger partial charge < -0.3 is 15.5 Å². The number of carbonyl (C=O) groups excluding carboxylic acids is 2. The normalized spacial score (nSPS) is 10.0. The average Bonchev–Trinajstić information content (AvgIpc) is 2.51. The predicted octanol–water partition coefficient (Wildman–Crippen LogP) is 2.11. The molecule has 0 unspecified atom stereocenters. The van der Waals surface area contributed by atoms with Crippen molar-refractivity contribution in [1.82, 2.24) is 10.2 Å². The summed E-state index contributed by atoms with van der Waals surface area (Å²) in [7, 11) is 1.60. The third kappa shape index (κ3) is 5.45. The van der Waals surface area contributed by atoms with E-state index in [2.05, 4.69) is 24.5 Å². The molecule has 21 heavy (non-hydrogen) atoms. The number of rotatable bonds is 8. The highest BCUT2D eigenvalue weighted by Crippen LogP contribution is 2.10. The minimum absolute atomic E-state index is 0.0871. The van der Waals surface area contributed by atoms with Gasteiger partial charge in [0.1, 0.15) is 0 Å². The van der Waals surface area contributed by atoms with Gasteiger partial charge in [0.15, 0.2) is 0 Å². The maximum atomic E-state index is 12.2. The van der Waals surface area contributed by atoms with E-state index in [0.29, 0.717) is 5.56 Å². The Balaban J connectivity index is 2.61. The number of anilines is 1. The summed E-state index contributed by atoms with van der Waals surface area (Å²) in [6, 6.07) is 7.14. The van der Waals surface area contributed by atoms with E-state index in [4.69, 9.17) is 0 Å². The van der Waals surface area contributed by atoms with Crippen LogP contribution in [0.5, 0.6) is 0 Å². The van der Waals surface area contributed by atoms with Crippen molar-refractivity contribution in [2.45, 2.75) is 26.7 Å². The van der Waals surface area contributed by atoms with Crippen molar-refractivity contribution < 1.29 is 9.59 Å². The van der Waals surface area contributed by atoms with Gasteiger partial charge in [-0.3, -0.25) is 9.59 Å². The van der Waals surface area contributed by atoms with Crippen LogP contribution in [-0.2, 0) is 4.79 Å². The van der Waals surface area contributed by atoms with Crippen molar-refractivity contribution in [1.29, 1.82) is 0 Å². The lowest BCUT2D eigenvalue weighted by Crippen LogP contribution is -2.36. The van der Waals surface area contributed by atoms with E-state index in [1.54, 1.807) is 25.2 Å². The molecule has 0 aliphatic rings. The Morgan fingerprint density at radius 1 is 1.14 bits per heavy atom. The quantitative estimate of drug-likeness (QED) is 0.771. The second-order valence-corrected chi connectivity index (χ2v) is 4.89. The van der Waals surface area contributed by atoms with E-state index < -0.39 is 0 Å². The number of nitrogens with one attached hydrogen (secondary N) is 2. The maximum absolute atomic E-state index is 12.2. The van der Waals surface area contributed by atoms with Crippen molar-refractivity contribution >= 4 is 17.5 Å². The van der Waals surface area contributed by atoms with Crippen LogP contribution < -0.4 is 10.6 Å². The molecule has 0 saturated carbocycles. The van der Waals surface area contributed by atoms with Gasteiger partial charge in [0.2, 0.25) is 5.91 Å². The molecule has 0 atom stereocenters. The predicted molar refractivity (Wildman–Crippen MR) is 85.5 cm³/mol. The molecule has 1 aromatic carbocycles.